The van der Waals surface area contributed by atoms with E-state index >= 15 is 0 Å². The van der Waals surface area contributed by atoms with Crippen LogP contribution in [0.4, 0.5) is 23.3 Å². The van der Waals surface area contributed by atoms with Crippen molar-refractivity contribution >= 4 is 40.8 Å². The molecule has 2 aromatic heterocycles. The molecule has 3 aromatic rings. The molecule has 0 saturated carbocycles. The second-order valence-electron chi connectivity index (χ2n) is 5.31. The number of nitrogens with one attached hydrogen (secondary N) is 2. The fraction of sp³-hybridized carbons (Fsp3) is 0.286. The van der Waals surface area contributed by atoms with Crippen LogP contribution in [0.2, 0.25) is 0 Å². The Labute approximate surface area is 161 Å². The van der Waals surface area contributed by atoms with Crippen molar-refractivity contribution in [2.75, 3.05) is 23.7 Å². The topological polar surface area (TPSA) is 166 Å². The van der Waals surface area contributed by atoms with Crippen LogP contribution in [0, 0.1) is 20.2 Å². The minimum Gasteiger partial charge on any atom is -0.354 e. The molecule has 0 bridgehead atoms. The molecule has 28 heavy (non-hydrogen) atoms. The fourth-order valence-electron chi connectivity index (χ4n) is 2.27. The standard InChI is InChI=1S/C14H15N9O4S/c1-3-15-11-17-12(16-4-2)21-13(18-11)19-14(20-21)28-10-6-5-8(22(24)25)7-9(10)23(26)27/h5-7H,3-4H2,1-2H3,(H2,15,16,17,18,19,20). The molecule has 0 amide bonds. The minimum absolute atomic E-state index is 0.177. The van der Waals surface area contributed by atoms with Crippen molar-refractivity contribution in [2.45, 2.75) is 23.9 Å². The molecule has 0 saturated heterocycles. The van der Waals surface area contributed by atoms with Crippen LogP contribution >= 0.6 is 11.8 Å². The van der Waals surface area contributed by atoms with Gasteiger partial charge in [0, 0.05) is 19.2 Å². The number of aromatic nitrogens is 5. The highest BCUT2D eigenvalue weighted by atomic mass is 32.2. The first kappa shape index (κ1) is 19.2. The van der Waals surface area contributed by atoms with E-state index in [4.69, 9.17) is 0 Å². The van der Waals surface area contributed by atoms with E-state index in [-0.39, 0.29) is 21.5 Å². The smallest absolute Gasteiger partial charge is 0.290 e. The summed E-state index contributed by atoms with van der Waals surface area (Å²) in [4.78, 5) is 33.8. The third kappa shape index (κ3) is 3.90. The van der Waals surface area contributed by atoms with Crippen LogP contribution in [-0.4, -0.2) is 47.5 Å². The molecule has 0 fully saturated rings. The normalized spacial score (nSPS) is 10.8. The molecule has 0 unspecified atom stereocenters. The molecule has 14 heteroatoms. The largest absolute Gasteiger partial charge is 0.354 e. The first-order valence-corrected chi connectivity index (χ1v) is 8.97. The van der Waals surface area contributed by atoms with E-state index in [1.165, 1.54) is 16.6 Å². The quantitative estimate of drug-likeness (QED) is 0.417. The molecule has 0 aliphatic rings. The molecule has 0 aliphatic carbocycles. The van der Waals surface area contributed by atoms with Gasteiger partial charge in [-0.2, -0.15) is 19.5 Å². The van der Waals surface area contributed by atoms with Crippen LogP contribution in [-0.2, 0) is 0 Å². The van der Waals surface area contributed by atoms with Crippen LogP contribution in [0.25, 0.3) is 5.78 Å². The lowest BCUT2D eigenvalue weighted by Crippen LogP contribution is -2.11. The van der Waals surface area contributed by atoms with Crippen molar-refractivity contribution in [3.05, 3.63) is 38.4 Å². The average molecular weight is 405 g/mol. The lowest BCUT2D eigenvalue weighted by molar-refractivity contribution is -0.396. The van der Waals surface area contributed by atoms with Gasteiger partial charge in [-0.3, -0.25) is 20.2 Å². The number of nitro benzene ring substituents is 2. The number of nitro groups is 2. The predicted octanol–water partition coefficient (Wildman–Crippen LogP) is 2.35. The van der Waals surface area contributed by atoms with E-state index in [0.29, 0.717) is 25.0 Å². The molecule has 2 N–H and O–H groups in total. The first-order valence-electron chi connectivity index (χ1n) is 8.16. The number of hydrogen-bond acceptors (Lipinski definition) is 11. The highest BCUT2D eigenvalue weighted by Gasteiger charge is 2.22. The van der Waals surface area contributed by atoms with Gasteiger partial charge >= 0.3 is 0 Å². The minimum atomic E-state index is -0.689. The summed E-state index contributed by atoms with van der Waals surface area (Å²) in [6.45, 7) is 5.01. The molecule has 1 aromatic carbocycles. The van der Waals surface area contributed by atoms with Gasteiger partial charge in [0.1, 0.15) is 0 Å². The molecule has 0 aliphatic heterocycles. The number of benzene rings is 1. The van der Waals surface area contributed by atoms with Crippen LogP contribution in [0.1, 0.15) is 13.8 Å². The highest BCUT2D eigenvalue weighted by Crippen LogP contribution is 2.35. The zero-order valence-corrected chi connectivity index (χ0v) is 15.6. The molecular weight excluding hydrogens is 390 g/mol. The molecule has 0 radical (unpaired) electrons. The summed E-state index contributed by atoms with van der Waals surface area (Å²) in [6, 6.07) is 3.40. The fourth-order valence-corrected chi connectivity index (χ4v) is 3.09. The number of non-ortho nitro benzene ring substituents is 1. The van der Waals surface area contributed by atoms with E-state index in [0.717, 1.165) is 17.8 Å². The third-order valence-electron chi connectivity index (χ3n) is 3.41. The van der Waals surface area contributed by atoms with Gasteiger partial charge < -0.3 is 10.6 Å². The zero-order chi connectivity index (χ0) is 20.3. The average Bonchev–Trinajstić information content (AvgIpc) is 3.05. The van der Waals surface area contributed by atoms with E-state index in [9.17, 15) is 20.2 Å². The summed E-state index contributed by atoms with van der Waals surface area (Å²) in [5, 5.41) is 32.7. The van der Waals surface area contributed by atoms with Crippen molar-refractivity contribution in [1.82, 2.24) is 24.6 Å². The first-order chi connectivity index (χ1) is 13.4. The number of nitrogens with zero attached hydrogens (tertiary/aromatic N) is 7. The van der Waals surface area contributed by atoms with Crippen molar-refractivity contribution in [3.63, 3.8) is 0 Å². The van der Waals surface area contributed by atoms with Gasteiger partial charge in [-0.15, -0.1) is 5.10 Å². The Bertz CT molecular complexity index is 1050. The van der Waals surface area contributed by atoms with E-state index < -0.39 is 15.5 Å². The zero-order valence-electron chi connectivity index (χ0n) is 14.8. The summed E-state index contributed by atoms with van der Waals surface area (Å²) < 4.78 is 1.39. The summed E-state index contributed by atoms with van der Waals surface area (Å²) in [5.41, 5.74) is -0.765. The Balaban J connectivity index is 2.02. The van der Waals surface area contributed by atoms with Gasteiger partial charge in [-0.05, 0) is 31.7 Å². The van der Waals surface area contributed by atoms with E-state index in [1.807, 2.05) is 13.8 Å². The number of hydrogen-bond donors (Lipinski definition) is 2. The Morgan fingerprint density at radius 3 is 2.46 bits per heavy atom. The number of rotatable bonds is 8. The molecule has 0 spiro atoms. The van der Waals surface area contributed by atoms with Crippen molar-refractivity contribution in [1.29, 1.82) is 0 Å². The van der Waals surface area contributed by atoms with Gasteiger partial charge in [0.15, 0.2) is 0 Å². The summed E-state index contributed by atoms with van der Waals surface area (Å²) in [5.74, 6) is 1.05. The van der Waals surface area contributed by atoms with Crippen molar-refractivity contribution in [2.24, 2.45) is 0 Å². The highest BCUT2D eigenvalue weighted by molar-refractivity contribution is 7.99. The SMILES string of the molecule is CCNc1nc(NCC)n2nc(Sc3ccc([N+](=O)[O-])cc3[N+](=O)[O-])nc2n1. The molecular formula is C14H15N9O4S. The summed E-state index contributed by atoms with van der Waals surface area (Å²) >= 11 is 0.911. The number of anilines is 2. The summed E-state index contributed by atoms with van der Waals surface area (Å²) in [6.07, 6.45) is 0. The lowest BCUT2D eigenvalue weighted by Gasteiger charge is -2.06. The van der Waals surface area contributed by atoms with Gasteiger partial charge in [0.2, 0.25) is 17.1 Å². The van der Waals surface area contributed by atoms with Crippen molar-refractivity contribution in [3.8, 4) is 0 Å². The van der Waals surface area contributed by atoms with Gasteiger partial charge in [-0.25, -0.2) is 0 Å². The van der Waals surface area contributed by atoms with Crippen LogP contribution < -0.4 is 10.6 Å². The Kier molecular flexibility index (Phi) is 5.49. The van der Waals surface area contributed by atoms with Gasteiger partial charge in [-0.1, -0.05) is 0 Å². The molecule has 0 atom stereocenters. The van der Waals surface area contributed by atoms with Crippen LogP contribution in [0.5, 0.6) is 0 Å². The van der Waals surface area contributed by atoms with Gasteiger partial charge in [0.25, 0.3) is 17.2 Å². The maximum absolute atomic E-state index is 11.3. The van der Waals surface area contributed by atoms with Crippen LogP contribution in [0.3, 0.4) is 0 Å². The Morgan fingerprint density at radius 2 is 1.82 bits per heavy atom. The maximum Gasteiger partial charge on any atom is 0.290 e. The second-order valence-corrected chi connectivity index (χ2v) is 6.32. The summed E-state index contributed by atoms with van der Waals surface area (Å²) in [7, 11) is 0. The van der Waals surface area contributed by atoms with Crippen LogP contribution in [0.15, 0.2) is 28.3 Å². The Hall–Kier alpha value is -3.55. The molecule has 3 rings (SSSR count). The second kappa shape index (κ2) is 7.99. The maximum atomic E-state index is 11.3. The number of fused-ring (bicyclic) bond motifs is 1. The van der Waals surface area contributed by atoms with E-state index in [2.05, 4.69) is 30.7 Å². The van der Waals surface area contributed by atoms with Crippen molar-refractivity contribution < 1.29 is 9.85 Å². The molecule has 2 heterocycles. The third-order valence-corrected chi connectivity index (χ3v) is 4.33. The Morgan fingerprint density at radius 1 is 1.07 bits per heavy atom. The monoisotopic (exact) mass is 405 g/mol. The lowest BCUT2D eigenvalue weighted by atomic mass is 10.3. The molecule has 146 valence electrons. The molecule has 13 nitrogen and oxygen atoms in total. The van der Waals surface area contributed by atoms with E-state index in [1.54, 1.807) is 0 Å². The van der Waals surface area contributed by atoms with Gasteiger partial charge in [0.05, 0.1) is 20.8 Å². The predicted molar refractivity (Wildman–Crippen MR) is 101 cm³/mol.